The van der Waals surface area contributed by atoms with Gasteiger partial charge in [0.2, 0.25) is 0 Å². The summed E-state index contributed by atoms with van der Waals surface area (Å²) in [7, 11) is 3.38. The SMILES string of the molecule is CN.Cn1cc(CNc2cc(-n3c4ccccc4c4c(-c5nc6ccc(F)cc6[nH]5)cccc43)ccc2C=O)cn1. The first kappa shape index (κ1) is 26.0. The normalized spacial score (nSPS) is 11.1. The van der Waals surface area contributed by atoms with Crippen LogP contribution in [0.1, 0.15) is 15.9 Å². The van der Waals surface area contributed by atoms with Gasteiger partial charge in [-0.3, -0.25) is 9.48 Å². The summed E-state index contributed by atoms with van der Waals surface area (Å²) in [5.41, 5.74) is 12.1. The zero-order valence-electron chi connectivity index (χ0n) is 22.6. The highest BCUT2D eigenvalue weighted by Crippen LogP contribution is 2.38. The van der Waals surface area contributed by atoms with Crippen LogP contribution in [0.25, 0.3) is 49.9 Å². The summed E-state index contributed by atoms with van der Waals surface area (Å²) in [6, 6.07) is 24.7. The van der Waals surface area contributed by atoms with Crippen LogP contribution in [0.4, 0.5) is 10.1 Å². The Kier molecular flexibility index (Phi) is 6.78. The topological polar surface area (TPSA) is 107 Å². The van der Waals surface area contributed by atoms with E-state index < -0.39 is 0 Å². The molecule has 4 N–H and O–H groups in total. The molecule has 0 aliphatic carbocycles. The zero-order valence-corrected chi connectivity index (χ0v) is 22.6. The van der Waals surface area contributed by atoms with Gasteiger partial charge in [0, 0.05) is 58.6 Å². The Morgan fingerprint density at radius 3 is 2.63 bits per heavy atom. The number of nitrogens with two attached hydrogens (primary N) is 1. The van der Waals surface area contributed by atoms with Crippen LogP contribution in [0.2, 0.25) is 0 Å². The molecule has 3 aromatic heterocycles. The third-order valence-corrected chi connectivity index (χ3v) is 7.06. The minimum atomic E-state index is -0.306. The fourth-order valence-corrected chi connectivity index (χ4v) is 5.30. The molecular weight excluding hydrogens is 517 g/mol. The van der Waals surface area contributed by atoms with Crippen molar-refractivity contribution in [2.24, 2.45) is 12.8 Å². The Labute approximate surface area is 235 Å². The molecule has 0 saturated heterocycles. The summed E-state index contributed by atoms with van der Waals surface area (Å²) in [4.78, 5) is 19.9. The van der Waals surface area contributed by atoms with Crippen molar-refractivity contribution in [1.82, 2.24) is 24.3 Å². The van der Waals surface area contributed by atoms with Crippen molar-refractivity contribution in [3.8, 4) is 17.1 Å². The predicted molar refractivity (Wildman–Crippen MR) is 162 cm³/mol. The molecule has 0 fully saturated rings. The first-order valence-electron chi connectivity index (χ1n) is 13.2. The van der Waals surface area contributed by atoms with E-state index in [9.17, 15) is 9.18 Å². The van der Waals surface area contributed by atoms with Gasteiger partial charge in [-0.15, -0.1) is 0 Å². The number of aromatic amines is 1. The van der Waals surface area contributed by atoms with Gasteiger partial charge in [0.15, 0.2) is 6.29 Å². The molecule has 3 heterocycles. The number of hydrogen-bond acceptors (Lipinski definition) is 5. The maximum Gasteiger partial charge on any atom is 0.152 e. The number of hydrogen-bond donors (Lipinski definition) is 3. The summed E-state index contributed by atoms with van der Waals surface area (Å²) >= 11 is 0. The molecule has 7 rings (SSSR count). The molecule has 0 aliphatic rings. The highest BCUT2D eigenvalue weighted by Gasteiger charge is 2.18. The van der Waals surface area contributed by atoms with Crippen LogP contribution >= 0.6 is 0 Å². The lowest BCUT2D eigenvalue weighted by Gasteiger charge is -2.13. The van der Waals surface area contributed by atoms with Gasteiger partial charge in [-0.2, -0.15) is 5.10 Å². The monoisotopic (exact) mass is 545 g/mol. The van der Waals surface area contributed by atoms with Crippen LogP contribution in [0, 0.1) is 5.82 Å². The number of aldehydes is 1. The second kappa shape index (κ2) is 10.7. The van der Waals surface area contributed by atoms with E-state index in [-0.39, 0.29) is 5.82 Å². The Bertz CT molecular complexity index is 2040. The molecule has 0 saturated carbocycles. The molecule has 7 aromatic rings. The zero-order chi connectivity index (χ0) is 28.5. The van der Waals surface area contributed by atoms with Crippen molar-refractivity contribution in [3.05, 3.63) is 108 Å². The lowest BCUT2D eigenvalue weighted by Crippen LogP contribution is -2.03. The number of para-hydroxylation sites is 1. The van der Waals surface area contributed by atoms with Crippen molar-refractivity contribution in [3.63, 3.8) is 0 Å². The van der Waals surface area contributed by atoms with E-state index in [2.05, 4.69) is 43.9 Å². The molecular formula is C32H28FN7O. The molecule has 0 bridgehead atoms. The molecule has 0 amide bonds. The van der Waals surface area contributed by atoms with E-state index in [4.69, 9.17) is 4.98 Å². The molecule has 0 radical (unpaired) electrons. The van der Waals surface area contributed by atoms with Crippen LogP contribution in [-0.2, 0) is 13.6 Å². The quantitative estimate of drug-likeness (QED) is 0.216. The number of carbonyl (C=O) groups excluding carboxylic acids is 1. The number of aromatic nitrogens is 5. The van der Waals surface area contributed by atoms with Gasteiger partial charge in [0.1, 0.15) is 11.6 Å². The van der Waals surface area contributed by atoms with Crippen molar-refractivity contribution in [2.75, 3.05) is 12.4 Å². The summed E-state index contributed by atoms with van der Waals surface area (Å²) < 4.78 is 17.8. The highest BCUT2D eigenvalue weighted by molar-refractivity contribution is 6.15. The van der Waals surface area contributed by atoms with Gasteiger partial charge in [-0.05, 0) is 55.6 Å². The smallest absolute Gasteiger partial charge is 0.152 e. The molecule has 8 nitrogen and oxygen atoms in total. The number of imidazole rings is 1. The second-order valence-corrected chi connectivity index (χ2v) is 9.56. The number of benzene rings is 4. The van der Waals surface area contributed by atoms with Crippen molar-refractivity contribution < 1.29 is 9.18 Å². The minimum absolute atomic E-state index is 0.306. The number of nitrogens with zero attached hydrogens (tertiary/aromatic N) is 4. The average Bonchev–Trinajstić information content (AvgIpc) is 3.71. The third-order valence-electron chi connectivity index (χ3n) is 7.06. The Hall–Kier alpha value is -5.28. The minimum Gasteiger partial charge on any atom is -0.380 e. The average molecular weight is 546 g/mol. The van der Waals surface area contributed by atoms with E-state index in [1.54, 1.807) is 16.9 Å². The molecule has 0 atom stereocenters. The molecule has 9 heteroatoms. The van der Waals surface area contributed by atoms with Crippen molar-refractivity contribution in [2.45, 2.75) is 6.54 Å². The largest absolute Gasteiger partial charge is 0.380 e. The van der Waals surface area contributed by atoms with E-state index >= 15 is 0 Å². The summed E-state index contributed by atoms with van der Waals surface area (Å²) in [6.45, 7) is 0.544. The standard InChI is InChI=1S/C31H23FN6O.CH5N/c1-37-17-19(16-34-37)15-33-26-14-22(11-9-20(26)18-39)38-28-7-3-2-5-23(28)30-24(6-4-8-29(30)38)31-35-25-12-10-21(32)13-27(25)36-31;1-2/h2-14,16-18,33H,15H2,1H3,(H,35,36);2H2,1H3. The Morgan fingerprint density at radius 2 is 1.83 bits per heavy atom. The first-order valence-corrected chi connectivity index (χ1v) is 13.2. The van der Waals surface area contributed by atoms with E-state index in [1.165, 1.54) is 19.2 Å². The van der Waals surface area contributed by atoms with E-state index in [0.29, 0.717) is 29.0 Å². The maximum atomic E-state index is 13.9. The van der Waals surface area contributed by atoms with Crippen LogP contribution < -0.4 is 11.1 Å². The summed E-state index contributed by atoms with van der Waals surface area (Å²) in [6.07, 6.45) is 4.61. The molecule has 0 aliphatic heterocycles. The lowest BCUT2D eigenvalue weighted by atomic mass is 10.1. The van der Waals surface area contributed by atoms with Crippen molar-refractivity contribution >= 4 is 44.8 Å². The van der Waals surface area contributed by atoms with Crippen molar-refractivity contribution in [1.29, 1.82) is 0 Å². The number of H-pyrrole nitrogens is 1. The summed E-state index contributed by atoms with van der Waals surface area (Å²) in [5, 5.41) is 9.74. The van der Waals surface area contributed by atoms with Crippen LogP contribution in [0.3, 0.4) is 0 Å². The van der Waals surface area contributed by atoms with Gasteiger partial charge >= 0.3 is 0 Å². The van der Waals surface area contributed by atoms with Crippen LogP contribution in [-0.4, -0.2) is 37.6 Å². The lowest BCUT2D eigenvalue weighted by molar-refractivity contribution is 0.112. The number of fused-ring (bicyclic) bond motifs is 4. The Morgan fingerprint density at radius 1 is 1.00 bits per heavy atom. The first-order chi connectivity index (χ1) is 20.1. The highest BCUT2D eigenvalue weighted by atomic mass is 19.1. The van der Waals surface area contributed by atoms with Gasteiger partial charge in [0.25, 0.3) is 0 Å². The number of anilines is 1. The number of nitrogens with one attached hydrogen (secondary N) is 2. The number of aryl methyl sites for hydroxylation is 1. The molecule has 0 unspecified atom stereocenters. The number of halogens is 1. The van der Waals surface area contributed by atoms with Gasteiger partial charge < -0.3 is 20.6 Å². The fourth-order valence-electron chi connectivity index (χ4n) is 5.30. The number of carbonyl (C=O) groups is 1. The maximum absolute atomic E-state index is 13.9. The molecule has 41 heavy (non-hydrogen) atoms. The fraction of sp³-hybridized carbons (Fsp3) is 0.0938. The van der Waals surface area contributed by atoms with Gasteiger partial charge in [0.05, 0.1) is 28.3 Å². The van der Waals surface area contributed by atoms with Gasteiger partial charge in [-0.25, -0.2) is 9.37 Å². The molecule has 0 spiro atoms. The Balaban J connectivity index is 0.00000148. The van der Waals surface area contributed by atoms with E-state index in [0.717, 1.165) is 50.6 Å². The second-order valence-electron chi connectivity index (χ2n) is 9.56. The van der Waals surface area contributed by atoms with Crippen LogP contribution in [0.5, 0.6) is 0 Å². The third kappa shape index (κ3) is 4.62. The van der Waals surface area contributed by atoms with E-state index in [1.807, 2.05) is 55.7 Å². The van der Waals surface area contributed by atoms with Gasteiger partial charge in [-0.1, -0.05) is 30.3 Å². The molecule has 204 valence electrons. The molecule has 4 aromatic carbocycles. The number of rotatable bonds is 6. The van der Waals surface area contributed by atoms with Crippen LogP contribution in [0.15, 0.2) is 91.3 Å². The summed E-state index contributed by atoms with van der Waals surface area (Å²) in [5.74, 6) is 0.374. The predicted octanol–water partition coefficient (Wildman–Crippen LogP) is 6.20.